The van der Waals surface area contributed by atoms with Gasteiger partial charge in [0.15, 0.2) is 0 Å². The van der Waals surface area contributed by atoms with Crippen LogP contribution in [0.2, 0.25) is 0 Å². The number of para-hydroxylation sites is 1. The van der Waals surface area contributed by atoms with Crippen molar-refractivity contribution in [1.82, 2.24) is 4.57 Å². The third-order valence-corrected chi connectivity index (χ3v) is 6.40. The van der Waals surface area contributed by atoms with E-state index in [2.05, 4.69) is 118 Å². The monoisotopic (exact) mass is 402 g/mol. The molecule has 0 amide bonds. The highest BCUT2D eigenvalue weighted by atomic mass is 32.1. The van der Waals surface area contributed by atoms with Gasteiger partial charge in [0, 0.05) is 21.7 Å². The van der Waals surface area contributed by atoms with E-state index in [4.69, 9.17) is 0 Å². The fourth-order valence-electron chi connectivity index (χ4n) is 4.31. The van der Waals surface area contributed by atoms with Crippen LogP contribution in [-0.4, -0.2) is 4.57 Å². The van der Waals surface area contributed by atoms with Crippen molar-refractivity contribution in [1.29, 1.82) is 0 Å². The molecule has 0 saturated carbocycles. The third kappa shape index (κ3) is 2.77. The second kappa shape index (κ2) is 7.01. The van der Waals surface area contributed by atoms with Crippen molar-refractivity contribution in [2.24, 2.45) is 0 Å². The lowest BCUT2D eigenvalue weighted by Crippen LogP contribution is -1.98. The van der Waals surface area contributed by atoms with Gasteiger partial charge in [-0.25, -0.2) is 0 Å². The highest BCUT2D eigenvalue weighted by Gasteiger charge is 2.16. The van der Waals surface area contributed by atoms with Crippen LogP contribution in [0, 0.1) is 0 Å². The molecule has 0 fully saturated rings. The zero-order valence-electron chi connectivity index (χ0n) is 16.3. The van der Waals surface area contributed by atoms with Crippen molar-refractivity contribution in [3.05, 3.63) is 114 Å². The first kappa shape index (κ1) is 17.3. The molecule has 0 saturated heterocycles. The van der Waals surface area contributed by atoms with Crippen LogP contribution in [0.25, 0.3) is 49.7 Å². The van der Waals surface area contributed by atoms with Crippen LogP contribution in [-0.2, 0) is 0 Å². The van der Waals surface area contributed by atoms with Gasteiger partial charge in [-0.3, -0.25) is 0 Å². The number of nitrogens with zero attached hydrogens (tertiary/aromatic N) is 1. The fourth-order valence-corrected chi connectivity index (χ4v) is 4.96. The Kier molecular flexibility index (Phi) is 4.03. The summed E-state index contributed by atoms with van der Waals surface area (Å²) in [5.41, 5.74) is 7.40. The smallest absolute Gasteiger partial charge is 0.0549 e. The number of hydrogen-bond acceptors (Lipinski definition) is 1. The Morgan fingerprint density at radius 2 is 1.33 bits per heavy atom. The summed E-state index contributed by atoms with van der Waals surface area (Å²) in [6, 6.07) is 37.1. The summed E-state index contributed by atoms with van der Waals surface area (Å²) < 4.78 is 2.42. The summed E-state index contributed by atoms with van der Waals surface area (Å²) in [6.07, 6.45) is 0. The lowest BCUT2D eigenvalue weighted by molar-refractivity contribution is 1.15. The van der Waals surface area contributed by atoms with E-state index < -0.39 is 0 Å². The van der Waals surface area contributed by atoms with Crippen LogP contribution >= 0.6 is 11.3 Å². The molecule has 0 unspecified atom stereocenters. The van der Waals surface area contributed by atoms with Crippen LogP contribution in [0.4, 0.5) is 0 Å². The first-order chi connectivity index (χ1) is 14.9. The van der Waals surface area contributed by atoms with Gasteiger partial charge in [-0.15, -0.1) is 0 Å². The molecule has 0 bridgehead atoms. The van der Waals surface area contributed by atoms with Gasteiger partial charge in [-0.05, 0) is 52.2 Å². The Labute approximate surface area is 179 Å². The maximum atomic E-state index is 2.42. The maximum Gasteiger partial charge on any atom is 0.0549 e. The quantitative estimate of drug-likeness (QED) is 0.281. The van der Waals surface area contributed by atoms with Gasteiger partial charge in [0.1, 0.15) is 0 Å². The average Bonchev–Trinajstić information content (AvgIpc) is 3.47. The SMILES string of the molecule is c1ccc(-c2cc(-n3c4ccccc4c[13c]3-c3ccsc3)c3ccccc3c2)cc1. The van der Waals surface area contributed by atoms with E-state index in [1.807, 2.05) is 0 Å². The van der Waals surface area contributed by atoms with E-state index in [-0.39, 0.29) is 0 Å². The van der Waals surface area contributed by atoms with Gasteiger partial charge in [-0.2, -0.15) is 11.3 Å². The molecule has 0 aliphatic rings. The van der Waals surface area contributed by atoms with E-state index in [1.165, 1.54) is 49.7 Å². The molecule has 2 heterocycles. The summed E-state index contributed by atoms with van der Waals surface area (Å²) >= 11 is 1.74. The molecule has 30 heavy (non-hydrogen) atoms. The summed E-state index contributed by atoms with van der Waals surface area (Å²) in [6.45, 7) is 0. The highest BCUT2D eigenvalue weighted by molar-refractivity contribution is 7.08. The minimum atomic E-state index is 1.22. The Morgan fingerprint density at radius 3 is 2.17 bits per heavy atom. The summed E-state index contributed by atoms with van der Waals surface area (Å²) in [4.78, 5) is 0. The standard InChI is InChI=1S/C28H19NS/c1-2-8-20(9-3-1)24-16-21-10-4-6-12-25(21)28(18-24)29-26-13-7-5-11-22(26)17-27(29)23-14-15-30-19-23/h1-19H/i27+1. The molecule has 4 aromatic carbocycles. The Bertz CT molecular complexity index is 1470. The molecule has 0 N–H and O–H groups in total. The second-order valence-corrected chi connectivity index (χ2v) is 8.30. The number of thiophene rings is 1. The topological polar surface area (TPSA) is 4.93 Å². The molecule has 6 rings (SSSR count). The summed E-state index contributed by atoms with van der Waals surface area (Å²) in [7, 11) is 0. The summed E-state index contributed by atoms with van der Waals surface area (Å²) in [5.74, 6) is 0. The van der Waals surface area contributed by atoms with E-state index in [9.17, 15) is 0 Å². The normalized spacial score (nSPS) is 11.3. The van der Waals surface area contributed by atoms with Gasteiger partial charge in [0.2, 0.25) is 0 Å². The Balaban J connectivity index is 1.74. The van der Waals surface area contributed by atoms with E-state index in [0.29, 0.717) is 0 Å². The van der Waals surface area contributed by atoms with Crippen LogP contribution in [0.1, 0.15) is 0 Å². The van der Waals surface area contributed by atoms with Crippen molar-refractivity contribution in [2.45, 2.75) is 0 Å². The Hall–Kier alpha value is -3.62. The zero-order valence-corrected chi connectivity index (χ0v) is 17.1. The van der Waals surface area contributed by atoms with Gasteiger partial charge < -0.3 is 4.57 Å². The molecule has 0 atom stereocenters. The minimum Gasteiger partial charge on any atom is -0.309 e. The molecule has 142 valence electrons. The Morgan fingerprint density at radius 1 is 0.567 bits per heavy atom. The number of aromatic nitrogens is 1. The lowest BCUT2D eigenvalue weighted by Gasteiger charge is -2.16. The van der Waals surface area contributed by atoms with Gasteiger partial charge in [0.25, 0.3) is 0 Å². The molecular formula is C28H19NS. The van der Waals surface area contributed by atoms with Crippen molar-refractivity contribution in [3.63, 3.8) is 0 Å². The first-order valence-corrected chi connectivity index (χ1v) is 11.0. The van der Waals surface area contributed by atoms with E-state index in [1.54, 1.807) is 11.3 Å². The number of hydrogen-bond donors (Lipinski definition) is 0. The molecule has 6 aromatic rings. The maximum absolute atomic E-state index is 2.42. The van der Waals surface area contributed by atoms with Crippen molar-refractivity contribution < 1.29 is 0 Å². The molecular weight excluding hydrogens is 383 g/mol. The molecule has 2 heteroatoms. The summed E-state index contributed by atoms with van der Waals surface area (Å²) in [5, 5.41) is 8.15. The average molecular weight is 403 g/mol. The van der Waals surface area contributed by atoms with Crippen LogP contribution < -0.4 is 0 Å². The van der Waals surface area contributed by atoms with Gasteiger partial charge in [0.05, 0.1) is 16.9 Å². The molecule has 0 aliphatic carbocycles. The molecule has 0 aliphatic heterocycles. The number of fused-ring (bicyclic) bond motifs is 2. The first-order valence-electron chi connectivity index (χ1n) is 10.1. The van der Waals surface area contributed by atoms with Gasteiger partial charge in [-0.1, -0.05) is 72.8 Å². The molecule has 1 nitrogen and oxygen atoms in total. The van der Waals surface area contributed by atoms with E-state index >= 15 is 0 Å². The largest absolute Gasteiger partial charge is 0.309 e. The number of rotatable bonds is 3. The fraction of sp³-hybridized carbons (Fsp3) is 0. The van der Waals surface area contributed by atoms with Crippen molar-refractivity contribution >= 4 is 33.0 Å². The lowest BCUT2D eigenvalue weighted by atomic mass is 9.99. The predicted octanol–water partition coefficient (Wildman–Crippen LogP) is 8.18. The van der Waals surface area contributed by atoms with Crippen LogP contribution in [0.5, 0.6) is 0 Å². The third-order valence-electron chi connectivity index (χ3n) is 5.72. The van der Waals surface area contributed by atoms with Gasteiger partial charge >= 0.3 is 0 Å². The molecule has 2 aromatic heterocycles. The highest BCUT2D eigenvalue weighted by Crippen LogP contribution is 2.37. The molecule has 0 spiro atoms. The second-order valence-electron chi connectivity index (χ2n) is 7.52. The molecule has 0 radical (unpaired) electrons. The van der Waals surface area contributed by atoms with E-state index in [0.717, 1.165) is 0 Å². The predicted molar refractivity (Wildman–Crippen MR) is 130 cm³/mol. The minimum absolute atomic E-state index is 1.22. The van der Waals surface area contributed by atoms with Crippen LogP contribution in [0.15, 0.2) is 114 Å². The van der Waals surface area contributed by atoms with Crippen LogP contribution in [0.3, 0.4) is 0 Å². The van der Waals surface area contributed by atoms with Crippen molar-refractivity contribution in [2.75, 3.05) is 0 Å². The van der Waals surface area contributed by atoms with Crippen molar-refractivity contribution in [3.8, 4) is 28.1 Å². The number of benzene rings is 4. The zero-order chi connectivity index (χ0) is 19.9.